The number of carbonyl (C=O) groups excluding carboxylic acids is 1. The lowest BCUT2D eigenvalue weighted by molar-refractivity contribution is -0.118. The molecule has 0 fully saturated rings. The monoisotopic (exact) mass is 255 g/mol. The van der Waals surface area contributed by atoms with Crippen LogP contribution in [0.4, 0.5) is 0 Å². The molecule has 1 heterocycles. The van der Waals surface area contributed by atoms with Crippen molar-refractivity contribution in [1.82, 2.24) is 15.3 Å². The van der Waals surface area contributed by atoms with E-state index in [1.54, 1.807) is 0 Å². The maximum atomic E-state index is 11.4. The van der Waals surface area contributed by atoms with E-state index in [0.717, 1.165) is 12.1 Å². The molecule has 6 heteroatoms. The molecule has 0 saturated heterocycles. The van der Waals surface area contributed by atoms with Crippen LogP contribution >= 0.6 is 11.8 Å². The molecule has 0 unspecified atom stereocenters. The number of hydrogen-bond donors (Lipinski definition) is 2. The lowest BCUT2D eigenvalue weighted by Gasteiger charge is -2.03. The molecule has 1 aromatic heterocycles. The van der Waals surface area contributed by atoms with E-state index in [0.29, 0.717) is 18.1 Å². The van der Waals surface area contributed by atoms with Gasteiger partial charge in [-0.2, -0.15) is 0 Å². The predicted octanol–water partition coefficient (Wildman–Crippen LogP) is 0.951. The summed E-state index contributed by atoms with van der Waals surface area (Å²) in [4.78, 5) is 29.5. The zero-order valence-electron chi connectivity index (χ0n) is 10.1. The topological polar surface area (TPSA) is 74.8 Å². The number of amides is 1. The predicted molar refractivity (Wildman–Crippen MR) is 68.3 cm³/mol. The molecule has 94 valence electrons. The summed E-state index contributed by atoms with van der Waals surface area (Å²) in [6.45, 7) is 4.61. The van der Waals surface area contributed by atoms with Crippen molar-refractivity contribution in [2.24, 2.45) is 0 Å². The third-order valence-electron chi connectivity index (χ3n) is 2.05. The van der Waals surface area contributed by atoms with E-state index in [2.05, 4.69) is 15.3 Å². The van der Waals surface area contributed by atoms with Crippen LogP contribution in [0.1, 0.15) is 26.0 Å². The Bertz CT molecular complexity index is 431. The van der Waals surface area contributed by atoms with Crippen molar-refractivity contribution in [3.63, 3.8) is 0 Å². The molecular formula is C11H17N3O2S. The molecule has 1 amide bonds. The zero-order valence-corrected chi connectivity index (χ0v) is 10.9. The van der Waals surface area contributed by atoms with Crippen molar-refractivity contribution >= 4 is 17.7 Å². The molecule has 1 aromatic rings. The average molecular weight is 255 g/mol. The van der Waals surface area contributed by atoms with Crippen LogP contribution in [0.3, 0.4) is 0 Å². The molecule has 0 bridgehead atoms. The summed E-state index contributed by atoms with van der Waals surface area (Å²) >= 11 is 1.24. The minimum atomic E-state index is -0.173. The van der Waals surface area contributed by atoms with Crippen LogP contribution in [0.2, 0.25) is 0 Å². The Morgan fingerprint density at radius 3 is 2.94 bits per heavy atom. The first-order chi connectivity index (χ1) is 8.15. The minimum absolute atomic E-state index is 0.0404. The normalized spacial score (nSPS) is 10.2. The molecule has 17 heavy (non-hydrogen) atoms. The lowest BCUT2D eigenvalue weighted by atomic mass is 10.3. The molecule has 0 radical (unpaired) electrons. The van der Waals surface area contributed by atoms with Gasteiger partial charge in [0.25, 0.3) is 5.56 Å². The van der Waals surface area contributed by atoms with Gasteiger partial charge in [0.2, 0.25) is 5.91 Å². The smallest absolute Gasteiger partial charge is 0.251 e. The SMILES string of the molecule is CCCNC(=O)CSc1nc(CC)cc(=O)[nH]1. The molecule has 0 aliphatic heterocycles. The van der Waals surface area contributed by atoms with Gasteiger partial charge in [0.1, 0.15) is 0 Å². The number of carbonyl (C=O) groups is 1. The minimum Gasteiger partial charge on any atom is -0.355 e. The summed E-state index contributed by atoms with van der Waals surface area (Å²) in [7, 11) is 0. The van der Waals surface area contributed by atoms with Gasteiger partial charge in [-0.3, -0.25) is 9.59 Å². The van der Waals surface area contributed by atoms with E-state index in [9.17, 15) is 9.59 Å². The fourth-order valence-electron chi connectivity index (χ4n) is 1.18. The van der Waals surface area contributed by atoms with Crippen LogP contribution < -0.4 is 10.9 Å². The first-order valence-corrected chi connectivity index (χ1v) is 6.64. The van der Waals surface area contributed by atoms with Crippen molar-refractivity contribution in [2.75, 3.05) is 12.3 Å². The van der Waals surface area contributed by atoms with Crippen molar-refractivity contribution in [2.45, 2.75) is 31.8 Å². The van der Waals surface area contributed by atoms with Crippen LogP contribution in [0, 0.1) is 0 Å². The largest absolute Gasteiger partial charge is 0.355 e. The molecule has 0 saturated carbocycles. The van der Waals surface area contributed by atoms with Gasteiger partial charge >= 0.3 is 0 Å². The molecule has 1 rings (SSSR count). The fourth-order valence-corrected chi connectivity index (χ4v) is 1.91. The summed E-state index contributed by atoms with van der Waals surface area (Å²) in [5, 5.41) is 3.27. The zero-order chi connectivity index (χ0) is 12.7. The van der Waals surface area contributed by atoms with Gasteiger partial charge in [-0.25, -0.2) is 4.98 Å². The summed E-state index contributed by atoms with van der Waals surface area (Å²) in [5.41, 5.74) is 0.568. The summed E-state index contributed by atoms with van der Waals surface area (Å²) in [6.07, 6.45) is 1.62. The number of hydrogen-bond acceptors (Lipinski definition) is 4. The van der Waals surface area contributed by atoms with Gasteiger partial charge in [0.05, 0.1) is 5.75 Å². The maximum Gasteiger partial charge on any atom is 0.251 e. The number of H-pyrrole nitrogens is 1. The number of nitrogens with one attached hydrogen (secondary N) is 2. The Hall–Kier alpha value is -1.30. The van der Waals surface area contributed by atoms with E-state index in [-0.39, 0.29) is 17.2 Å². The Balaban J connectivity index is 2.54. The molecular weight excluding hydrogens is 238 g/mol. The molecule has 0 aliphatic carbocycles. The van der Waals surface area contributed by atoms with Gasteiger partial charge in [-0.15, -0.1) is 0 Å². The second-order valence-corrected chi connectivity index (χ2v) is 4.50. The van der Waals surface area contributed by atoms with Crippen molar-refractivity contribution in [3.05, 3.63) is 22.1 Å². The van der Waals surface area contributed by atoms with Crippen LogP contribution in [-0.2, 0) is 11.2 Å². The standard InChI is InChI=1S/C11H17N3O2S/c1-3-5-12-10(16)7-17-11-13-8(4-2)6-9(15)14-11/h6H,3-5,7H2,1-2H3,(H,12,16)(H,13,14,15). The van der Waals surface area contributed by atoms with Crippen LogP contribution in [0.5, 0.6) is 0 Å². The Morgan fingerprint density at radius 2 is 2.29 bits per heavy atom. The molecule has 5 nitrogen and oxygen atoms in total. The first kappa shape index (κ1) is 13.8. The summed E-state index contributed by atoms with van der Waals surface area (Å²) in [6, 6.07) is 1.47. The van der Waals surface area contributed by atoms with Gasteiger partial charge < -0.3 is 10.3 Å². The van der Waals surface area contributed by atoms with Crippen molar-refractivity contribution < 1.29 is 4.79 Å². The van der Waals surface area contributed by atoms with Crippen LogP contribution in [-0.4, -0.2) is 28.2 Å². The van der Waals surface area contributed by atoms with Crippen LogP contribution in [0.25, 0.3) is 0 Å². The molecule has 0 aliphatic rings. The van der Waals surface area contributed by atoms with Gasteiger partial charge in [-0.1, -0.05) is 25.6 Å². The highest BCUT2D eigenvalue weighted by Crippen LogP contribution is 2.10. The van der Waals surface area contributed by atoms with E-state index in [1.807, 2.05) is 13.8 Å². The molecule has 0 atom stereocenters. The highest BCUT2D eigenvalue weighted by atomic mass is 32.2. The second kappa shape index (κ2) is 7.11. The maximum absolute atomic E-state index is 11.4. The van der Waals surface area contributed by atoms with E-state index >= 15 is 0 Å². The van der Waals surface area contributed by atoms with Gasteiger partial charge in [0, 0.05) is 18.3 Å². The van der Waals surface area contributed by atoms with E-state index < -0.39 is 0 Å². The number of thioether (sulfide) groups is 1. The van der Waals surface area contributed by atoms with Crippen molar-refractivity contribution in [3.8, 4) is 0 Å². The fraction of sp³-hybridized carbons (Fsp3) is 0.545. The third-order valence-corrected chi connectivity index (χ3v) is 2.92. The summed E-state index contributed by atoms with van der Waals surface area (Å²) < 4.78 is 0. The average Bonchev–Trinajstić information content (AvgIpc) is 2.33. The number of aryl methyl sites for hydroxylation is 1. The van der Waals surface area contributed by atoms with Crippen LogP contribution in [0.15, 0.2) is 16.0 Å². The number of rotatable bonds is 6. The number of aromatic amines is 1. The molecule has 2 N–H and O–H groups in total. The highest BCUT2D eigenvalue weighted by molar-refractivity contribution is 7.99. The van der Waals surface area contributed by atoms with E-state index in [4.69, 9.17) is 0 Å². The lowest BCUT2D eigenvalue weighted by Crippen LogP contribution is -2.26. The Labute approximate surface area is 104 Å². The van der Waals surface area contributed by atoms with Gasteiger partial charge in [0.15, 0.2) is 5.16 Å². The highest BCUT2D eigenvalue weighted by Gasteiger charge is 2.05. The molecule has 0 aromatic carbocycles. The van der Waals surface area contributed by atoms with E-state index in [1.165, 1.54) is 17.8 Å². The number of aromatic nitrogens is 2. The quantitative estimate of drug-likeness (QED) is 0.586. The second-order valence-electron chi connectivity index (χ2n) is 3.53. The molecule has 0 spiro atoms. The Kier molecular flexibility index (Phi) is 5.76. The number of nitrogens with zero attached hydrogens (tertiary/aromatic N) is 1. The first-order valence-electron chi connectivity index (χ1n) is 5.65. The van der Waals surface area contributed by atoms with Crippen molar-refractivity contribution in [1.29, 1.82) is 0 Å². The van der Waals surface area contributed by atoms with Gasteiger partial charge in [-0.05, 0) is 12.8 Å². The Morgan fingerprint density at radius 1 is 1.53 bits per heavy atom. The summed E-state index contributed by atoms with van der Waals surface area (Å²) in [5.74, 6) is 0.234. The third kappa shape index (κ3) is 5.04.